The smallest absolute Gasteiger partial charge is 0.229 e. The van der Waals surface area contributed by atoms with Gasteiger partial charge in [-0.15, -0.1) is 0 Å². The first-order valence-corrected chi connectivity index (χ1v) is 9.36. The molecule has 0 saturated carbocycles. The molecule has 1 aromatic carbocycles. The van der Waals surface area contributed by atoms with Gasteiger partial charge in [-0.3, -0.25) is 9.59 Å². The molecule has 9 heteroatoms. The largest absolute Gasteiger partial charge is 0.378 e. The Morgan fingerprint density at radius 3 is 2.52 bits per heavy atom. The molecule has 0 radical (unpaired) electrons. The van der Waals surface area contributed by atoms with Gasteiger partial charge in [0.1, 0.15) is 17.5 Å². The fourth-order valence-corrected chi connectivity index (χ4v) is 3.51. The van der Waals surface area contributed by atoms with E-state index in [0.29, 0.717) is 18.9 Å². The van der Waals surface area contributed by atoms with Crippen LogP contribution in [0.2, 0.25) is 0 Å². The minimum atomic E-state index is -0.771. The summed E-state index contributed by atoms with van der Waals surface area (Å²) in [6.07, 6.45) is 1.54. The second-order valence-corrected chi connectivity index (χ2v) is 7.03. The quantitative estimate of drug-likeness (QED) is 0.849. The summed E-state index contributed by atoms with van der Waals surface area (Å²) in [6.45, 7) is 2.90. The van der Waals surface area contributed by atoms with Gasteiger partial charge in [-0.25, -0.2) is 13.8 Å². The van der Waals surface area contributed by atoms with Crippen molar-refractivity contribution in [3.05, 3.63) is 48.2 Å². The van der Waals surface area contributed by atoms with Gasteiger partial charge in [0.25, 0.3) is 0 Å². The van der Waals surface area contributed by atoms with E-state index in [1.807, 2.05) is 6.07 Å². The van der Waals surface area contributed by atoms with Crippen LogP contribution >= 0.6 is 0 Å². The number of hydrogen-bond acceptors (Lipinski definition) is 5. The molecular formula is C20H20F2N4O3. The second-order valence-electron chi connectivity index (χ2n) is 7.03. The minimum absolute atomic E-state index is 0.0245. The first-order valence-electron chi connectivity index (χ1n) is 9.36. The maximum Gasteiger partial charge on any atom is 0.229 e. The van der Waals surface area contributed by atoms with Crippen LogP contribution in [-0.2, 0) is 14.3 Å². The standard InChI is InChI=1S/C20H20F2N4O3/c21-14-8-15(22)10-17(9-14)26-12-13(7-19(26)27)20(28)24-16-1-2-18(23-11-16)25-3-5-29-6-4-25/h1-2,8-11,13H,3-7,12H2,(H,24,28). The van der Waals surface area contributed by atoms with Crippen LogP contribution in [-0.4, -0.2) is 49.6 Å². The predicted octanol–water partition coefficient (Wildman–Crippen LogP) is 2.19. The summed E-state index contributed by atoms with van der Waals surface area (Å²) in [4.78, 5) is 32.5. The number of anilines is 3. The molecule has 152 valence electrons. The molecule has 2 aliphatic rings. The Balaban J connectivity index is 1.39. The Morgan fingerprint density at radius 1 is 1.14 bits per heavy atom. The van der Waals surface area contributed by atoms with Gasteiger partial charge in [-0.2, -0.15) is 0 Å². The molecule has 1 N–H and O–H groups in total. The maximum atomic E-state index is 13.4. The Kier molecular flexibility index (Phi) is 5.39. The van der Waals surface area contributed by atoms with Crippen LogP contribution in [0.4, 0.5) is 26.0 Å². The van der Waals surface area contributed by atoms with Crippen LogP contribution in [0, 0.1) is 17.6 Å². The Morgan fingerprint density at radius 2 is 1.86 bits per heavy atom. The molecule has 4 rings (SSSR count). The Hall–Kier alpha value is -3.07. The average Bonchev–Trinajstić information content (AvgIpc) is 3.10. The van der Waals surface area contributed by atoms with E-state index in [0.717, 1.165) is 37.1 Å². The molecule has 2 aliphatic heterocycles. The zero-order valence-electron chi connectivity index (χ0n) is 15.6. The molecule has 1 unspecified atom stereocenters. The van der Waals surface area contributed by atoms with Crippen LogP contribution in [0.5, 0.6) is 0 Å². The van der Waals surface area contributed by atoms with Gasteiger partial charge in [0.05, 0.1) is 31.0 Å². The number of ether oxygens (including phenoxy) is 1. The number of morpholine rings is 1. The number of carbonyl (C=O) groups is 2. The highest BCUT2D eigenvalue weighted by Crippen LogP contribution is 2.27. The van der Waals surface area contributed by atoms with Crippen molar-refractivity contribution in [3.8, 4) is 0 Å². The number of nitrogens with zero attached hydrogens (tertiary/aromatic N) is 3. The zero-order chi connectivity index (χ0) is 20.4. The van der Waals surface area contributed by atoms with Crippen molar-refractivity contribution >= 4 is 29.0 Å². The van der Waals surface area contributed by atoms with Gasteiger partial charge in [0.15, 0.2) is 0 Å². The molecule has 29 heavy (non-hydrogen) atoms. The normalized spacial score (nSPS) is 19.5. The summed E-state index contributed by atoms with van der Waals surface area (Å²) in [6, 6.07) is 6.47. The Labute approximate surface area is 166 Å². The molecule has 0 bridgehead atoms. The van der Waals surface area contributed by atoms with Gasteiger partial charge in [-0.05, 0) is 24.3 Å². The molecule has 1 aromatic heterocycles. The summed E-state index contributed by atoms with van der Waals surface area (Å²) in [5.74, 6) is -2.04. The number of benzene rings is 1. The van der Waals surface area contributed by atoms with Gasteiger partial charge in [0, 0.05) is 37.8 Å². The first kappa shape index (κ1) is 19.3. The summed E-state index contributed by atoms with van der Waals surface area (Å²) in [5, 5.41) is 2.76. The van der Waals surface area contributed by atoms with Crippen molar-refractivity contribution in [2.45, 2.75) is 6.42 Å². The van der Waals surface area contributed by atoms with Gasteiger partial charge in [0.2, 0.25) is 11.8 Å². The molecule has 3 heterocycles. The van der Waals surface area contributed by atoms with Crippen LogP contribution in [0.25, 0.3) is 0 Å². The molecule has 0 aliphatic carbocycles. The number of aromatic nitrogens is 1. The zero-order valence-corrected chi connectivity index (χ0v) is 15.6. The number of carbonyl (C=O) groups excluding carboxylic acids is 2. The third-order valence-corrected chi connectivity index (χ3v) is 5.01. The van der Waals surface area contributed by atoms with E-state index < -0.39 is 17.6 Å². The molecule has 2 saturated heterocycles. The maximum absolute atomic E-state index is 13.4. The van der Waals surface area contributed by atoms with Gasteiger partial charge >= 0.3 is 0 Å². The lowest BCUT2D eigenvalue weighted by Gasteiger charge is -2.27. The fraction of sp³-hybridized carbons (Fsp3) is 0.350. The van der Waals surface area contributed by atoms with Crippen molar-refractivity contribution in [1.29, 1.82) is 0 Å². The first-order chi connectivity index (χ1) is 14.0. The molecule has 2 amide bonds. The molecule has 1 atom stereocenters. The van der Waals surface area contributed by atoms with E-state index in [1.165, 1.54) is 4.90 Å². The summed E-state index contributed by atoms with van der Waals surface area (Å²) < 4.78 is 32.2. The molecule has 7 nitrogen and oxygen atoms in total. The lowest BCUT2D eigenvalue weighted by atomic mass is 10.1. The number of halogens is 2. The number of pyridine rings is 1. The topological polar surface area (TPSA) is 74.8 Å². The summed E-state index contributed by atoms with van der Waals surface area (Å²) in [7, 11) is 0. The minimum Gasteiger partial charge on any atom is -0.378 e. The van der Waals surface area contributed by atoms with Crippen LogP contribution in [0.3, 0.4) is 0 Å². The van der Waals surface area contributed by atoms with E-state index in [9.17, 15) is 18.4 Å². The number of hydrogen-bond donors (Lipinski definition) is 1. The highest BCUT2D eigenvalue weighted by atomic mass is 19.1. The summed E-state index contributed by atoms with van der Waals surface area (Å²) in [5.41, 5.74) is 0.633. The van der Waals surface area contributed by atoms with Crippen molar-refractivity contribution in [2.24, 2.45) is 5.92 Å². The molecule has 2 aromatic rings. The van der Waals surface area contributed by atoms with E-state index in [-0.39, 0.29) is 30.5 Å². The summed E-state index contributed by atoms with van der Waals surface area (Å²) >= 11 is 0. The lowest BCUT2D eigenvalue weighted by Crippen LogP contribution is -2.36. The van der Waals surface area contributed by atoms with E-state index in [2.05, 4.69) is 15.2 Å². The molecule has 2 fully saturated rings. The predicted molar refractivity (Wildman–Crippen MR) is 103 cm³/mol. The third-order valence-electron chi connectivity index (χ3n) is 5.01. The fourth-order valence-electron chi connectivity index (χ4n) is 3.51. The average molecular weight is 402 g/mol. The van der Waals surface area contributed by atoms with Gasteiger partial charge in [-0.1, -0.05) is 0 Å². The molecule has 0 spiro atoms. The lowest BCUT2D eigenvalue weighted by molar-refractivity contribution is -0.122. The van der Waals surface area contributed by atoms with Crippen LogP contribution in [0.1, 0.15) is 6.42 Å². The SMILES string of the molecule is O=C(Nc1ccc(N2CCOCC2)nc1)C1CC(=O)N(c2cc(F)cc(F)c2)C1. The highest BCUT2D eigenvalue weighted by molar-refractivity contribution is 6.03. The second kappa shape index (κ2) is 8.12. The van der Waals surface area contributed by atoms with Crippen molar-refractivity contribution in [2.75, 3.05) is 48.0 Å². The van der Waals surface area contributed by atoms with Crippen molar-refractivity contribution < 1.29 is 23.1 Å². The number of nitrogens with one attached hydrogen (secondary N) is 1. The monoisotopic (exact) mass is 402 g/mol. The van der Waals surface area contributed by atoms with E-state index >= 15 is 0 Å². The number of amides is 2. The van der Waals surface area contributed by atoms with Crippen molar-refractivity contribution in [1.82, 2.24) is 4.98 Å². The van der Waals surface area contributed by atoms with Crippen LogP contribution in [0.15, 0.2) is 36.5 Å². The molecular weight excluding hydrogens is 382 g/mol. The number of rotatable bonds is 4. The van der Waals surface area contributed by atoms with E-state index in [4.69, 9.17) is 4.74 Å². The third kappa shape index (κ3) is 4.34. The van der Waals surface area contributed by atoms with Crippen molar-refractivity contribution in [3.63, 3.8) is 0 Å². The van der Waals surface area contributed by atoms with Gasteiger partial charge < -0.3 is 19.9 Å². The Bertz CT molecular complexity index is 896. The highest BCUT2D eigenvalue weighted by Gasteiger charge is 2.35. The van der Waals surface area contributed by atoms with E-state index in [1.54, 1.807) is 12.3 Å². The van der Waals surface area contributed by atoms with Crippen LogP contribution < -0.4 is 15.1 Å².